The van der Waals surface area contributed by atoms with Crippen LogP contribution >= 0.6 is 0 Å². The maximum Gasteiger partial charge on any atom is 0.243 e. The van der Waals surface area contributed by atoms with E-state index >= 15 is 0 Å². The van der Waals surface area contributed by atoms with E-state index in [2.05, 4.69) is 33.8 Å². The van der Waals surface area contributed by atoms with Gasteiger partial charge in [-0.2, -0.15) is 4.98 Å². The Morgan fingerprint density at radius 3 is 2.48 bits per heavy atom. The Morgan fingerprint density at radius 1 is 1.14 bits per heavy atom. The fourth-order valence-electron chi connectivity index (χ4n) is 3.66. The van der Waals surface area contributed by atoms with E-state index in [-0.39, 0.29) is 6.04 Å². The first kappa shape index (κ1) is 15.0. The molecule has 0 aliphatic carbocycles. The van der Waals surface area contributed by atoms with Crippen molar-refractivity contribution in [1.29, 1.82) is 0 Å². The van der Waals surface area contributed by atoms with Gasteiger partial charge in [0.15, 0.2) is 5.82 Å². The maximum atomic E-state index is 5.40. The lowest BCUT2D eigenvalue weighted by atomic mass is 9.99. The molecule has 0 unspecified atom stereocenters. The quantitative estimate of drug-likeness (QED) is 0.853. The minimum Gasteiger partial charge on any atom is -0.338 e. The third-order valence-electron chi connectivity index (χ3n) is 5.11. The number of nitrogens with zero attached hydrogens (tertiary/aromatic N) is 4. The van der Waals surface area contributed by atoms with Crippen LogP contribution < -0.4 is 0 Å². The topological polar surface area (TPSA) is 45.4 Å². The summed E-state index contributed by atoms with van der Waals surface area (Å²) in [6.07, 6.45) is 7.59. The summed E-state index contributed by atoms with van der Waals surface area (Å²) < 4.78 is 5.40. The van der Waals surface area contributed by atoms with Gasteiger partial charge in [0.2, 0.25) is 5.89 Å². The number of hydrogen-bond acceptors (Lipinski definition) is 5. The van der Waals surface area contributed by atoms with Gasteiger partial charge in [0, 0.05) is 25.6 Å². The second-order valence-electron chi connectivity index (χ2n) is 6.44. The van der Waals surface area contributed by atoms with E-state index < -0.39 is 0 Å². The molecule has 118 valence electrons. The van der Waals surface area contributed by atoms with Gasteiger partial charge < -0.3 is 9.42 Å². The van der Waals surface area contributed by atoms with E-state index in [9.17, 15) is 0 Å². The highest BCUT2D eigenvalue weighted by molar-refractivity contribution is 4.94. The molecule has 0 aromatic carbocycles. The fraction of sp³-hybridized carbons (Fsp3) is 0.875. The number of piperidine rings is 2. The third kappa shape index (κ3) is 3.46. The Balaban J connectivity index is 1.52. The Bertz CT molecular complexity index is 433. The molecular formula is C16H28N4O. The molecule has 5 heteroatoms. The molecule has 2 aliphatic heterocycles. The molecule has 21 heavy (non-hydrogen) atoms. The first-order valence-corrected chi connectivity index (χ1v) is 8.58. The number of aromatic nitrogens is 2. The molecule has 2 saturated heterocycles. The molecule has 0 spiro atoms. The van der Waals surface area contributed by atoms with Crippen molar-refractivity contribution in [3.8, 4) is 0 Å². The highest BCUT2D eigenvalue weighted by Gasteiger charge is 2.29. The van der Waals surface area contributed by atoms with Crippen LogP contribution in [-0.2, 0) is 6.42 Å². The Kier molecular flexibility index (Phi) is 4.91. The number of hydrogen-bond donors (Lipinski definition) is 0. The summed E-state index contributed by atoms with van der Waals surface area (Å²) in [5, 5.41) is 4.02. The second-order valence-corrected chi connectivity index (χ2v) is 6.44. The summed E-state index contributed by atoms with van der Waals surface area (Å²) in [5.41, 5.74) is 0. The molecule has 0 bridgehead atoms. The average Bonchev–Trinajstić information content (AvgIpc) is 3.04. The summed E-state index contributed by atoms with van der Waals surface area (Å²) >= 11 is 0. The van der Waals surface area contributed by atoms with E-state index in [0.29, 0.717) is 0 Å². The molecule has 0 radical (unpaired) electrons. The average molecular weight is 292 g/mol. The van der Waals surface area contributed by atoms with Crippen LogP contribution in [0.4, 0.5) is 0 Å². The normalized spacial score (nSPS) is 24.3. The molecule has 1 aromatic rings. The number of rotatable bonds is 4. The van der Waals surface area contributed by atoms with Gasteiger partial charge >= 0.3 is 0 Å². The van der Waals surface area contributed by atoms with E-state index in [1.807, 2.05) is 0 Å². The van der Waals surface area contributed by atoms with Crippen molar-refractivity contribution >= 4 is 0 Å². The first-order valence-electron chi connectivity index (χ1n) is 8.58. The molecule has 5 nitrogen and oxygen atoms in total. The summed E-state index contributed by atoms with van der Waals surface area (Å²) in [6, 6.07) is 1.04. The zero-order valence-electron chi connectivity index (χ0n) is 13.4. The van der Waals surface area contributed by atoms with E-state index in [4.69, 9.17) is 4.52 Å². The van der Waals surface area contributed by atoms with Crippen molar-refractivity contribution in [1.82, 2.24) is 19.9 Å². The molecule has 1 aromatic heterocycles. The largest absolute Gasteiger partial charge is 0.338 e. The number of aryl methyl sites for hydroxylation is 1. The minimum absolute atomic E-state index is 0.250. The molecule has 0 amide bonds. The van der Waals surface area contributed by atoms with Crippen LogP contribution in [0.25, 0.3) is 0 Å². The Hall–Kier alpha value is -0.940. The smallest absolute Gasteiger partial charge is 0.243 e. The van der Waals surface area contributed by atoms with Gasteiger partial charge in [-0.25, -0.2) is 0 Å². The highest BCUT2D eigenvalue weighted by atomic mass is 16.5. The van der Waals surface area contributed by atoms with E-state index in [1.165, 1.54) is 45.2 Å². The summed E-state index contributed by atoms with van der Waals surface area (Å²) in [7, 11) is 0. The number of likely N-dealkylation sites (tertiary alicyclic amines) is 2. The second kappa shape index (κ2) is 6.88. The zero-order chi connectivity index (χ0) is 14.7. The van der Waals surface area contributed by atoms with Crippen molar-refractivity contribution < 1.29 is 4.52 Å². The summed E-state index contributed by atoms with van der Waals surface area (Å²) in [6.45, 7) is 9.16. The van der Waals surface area contributed by atoms with Gasteiger partial charge in [-0.1, -0.05) is 18.5 Å². The molecule has 2 aliphatic rings. The minimum atomic E-state index is 0.250. The maximum absolute atomic E-state index is 5.40. The van der Waals surface area contributed by atoms with Crippen molar-refractivity contribution in [3.05, 3.63) is 11.7 Å². The lowest BCUT2D eigenvalue weighted by Crippen LogP contribution is -2.47. The fourth-order valence-corrected chi connectivity index (χ4v) is 3.66. The van der Waals surface area contributed by atoms with Crippen molar-refractivity contribution in [3.63, 3.8) is 0 Å². The molecule has 0 N–H and O–H groups in total. The van der Waals surface area contributed by atoms with Crippen molar-refractivity contribution in [2.75, 3.05) is 26.2 Å². The predicted octanol–water partition coefficient (Wildman–Crippen LogP) is 2.64. The molecule has 3 rings (SSSR count). The van der Waals surface area contributed by atoms with Gasteiger partial charge in [0.25, 0.3) is 0 Å². The van der Waals surface area contributed by atoms with Crippen LogP contribution in [0.3, 0.4) is 0 Å². The first-order chi connectivity index (χ1) is 10.3. The Labute approximate surface area is 127 Å². The van der Waals surface area contributed by atoms with Gasteiger partial charge in [-0.15, -0.1) is 0 Å². The molecular weight excluding hydrogens is 264 g/mol. The van der Waals surface area contributed by atoms with Crippen LogP contribution in [0.15, 0.2) is 4.52 Å². The Morgan fingerprint density at radius 2 is 1.86 bits per heavy atom. The van der Waals surface area contributed by atoms with Crippen LogP contribution in [0.2, 0.25) is 0 Å². The van der Waals surface area contributed by atoms with E-state index in [1.54, 1.807) is 0 Å². The van der Waals surface area contributed by atoms with Crippen molar-refractivity contribution in [2.24, 2.45) is 0 Å². The lowest BCUT2D eigenvalue weighted by molar-refractivity contribution is 0.0677. The molecule has 2 fully saturated rings. The van der Waals surface area contributed by atoms with Gasteiger partial charge in [-0.3, -0.25) is 4.90 Å². The van der Waals surface area contributed by atoms with E-state index in [0.717, 1.165) is 37.3 Å². The molecule has 1 atom stereocenters. The van der Waals surface area contributed by atoms with Crippen LogP contribution in [0, 0.1) is 0 Å². The lowest BCUT2D eigenvalue weighted by Gasteiger charge is -2.41. The highest BCUT2D eigenvalue weighted by Crippen LogP contribution is 2.26. The van der Waals surface area contributed by atoms with Gasteiger partial charge in [0.05, 0.1) is 6.04 Å². The zero-order valence-corrected chi connectivity index (χ0v) is 13.4. The summed E-state index contributed by atoms with van der Waals surface area (Å²) in [5.74, 6) is 1.60. The molecule has 3 heterocycles. The van der Waals surface area contributed by atoms with Crippen molar-refractivity contribution in [2.45, 2.75) is 64.5 Å². The van der Waals surface area contributed by atoms with Gasteiger partial charge in [-0.05, 0) is 45.7 Å². The standard InChI is InChI=1S/C16H28N4O/c1-3-15-17-16(21-18-15)13(2)19-11-7-14(8-12-19)20-9-5-4-6-10-20/h13-14H,3-12H2,1-2H3/t13-/m0/s1. The molecule has 0 saturated carbocycles. The van der Waals surface area contributed by atoms with Crippen LogP contribution in [0.1, 0.15) is 63.7 Å². The van der Waals surface area contributed by atoms with Crippen LogP contribution in [-0.4, -0.2) is 52.2 Å². The monoisotopic (exact) mass is 292 g/mol. The van der Waals surface area contributed by atoms with Gasteiger partial charge in [0.1, 0.15) is 0 Å². The predicted molar refractivity (Wildman–Crippen MR) is 82.1 cm³/mol. The van der Waals surface area contributed by atoms with Crippen LogP contribution in [0.5, 0.6) is 0 Å². The summed E-state index contributed by atoms with van der Waals surface area (Å²) in [4.78, 5) is 9.69. The SMILES string of the molecule is CCc1noc([C@H](C)N2CCC(N3CCCCC3)CC2)n1. The third-order valence-corrected chi connectivity index (χ3v) is 5.11.